The van der Waals surface area contributed by atoms with Crippen molar-refractivity contribution in [3.05, 3.63) is 6.07 Å². The van der Waals surface area contributed by atoms with E-state index in [1.165, 1.54) is 6.42 Å². The number of aromatic nitrogens is 2. The first kappa shape index (κ1) is 17.0. The van der Waals surface area contributed by atoms with E-state index in [1.54, 1.807) is 11.8 Å². The summed E-state index contributed by atoms with van der Waals surface area (Å²) in [4.78, 5) is 11.3. The Balaban J connectivity index is 2.56. The molecule has 0 fully saturated rings. The van der Waals surface area contributed by atoms with Gasteiger partial charge in [0.2, 0.25) is 0 Å². The summed E-state index contributed by atoms with van der Waals surface area (Å²) >= 11 is 1.56. The maximum absolute atomic E-state index is 4.48. The molecule has 1 atom stereocenters. The van der Waals surface area contributed by atoms with Crippen molar-refractivity contribution in [2.45, 2.75) is 38.4 Å². The molecule has 0 spiro atoms. The quantitative estimate of drug-likeness (QED) is 0.540. The van der Waals surface area contributed by atoms with Gasteiger partial charge < -0.3 is 15.5 Å². The highest BCUT2D eigenvalue weighted by Gasteiger charge is 2.07. The number of anilines is 2. The maximum Gasteiger partial charge on any atom is 0.191 e. The van der Waals surface area contributed by atoms with E-state index in [-0.39, 0.29) is 0 Å². The molecule has 1 aromatic heterocycles. The molecule has 0 bridgehead atoms. The van der Waals surface area contributed by atoms with Crippen LogP contribution in [0.2, 0.25) is 0 Å². The van der Waals surface area contributed by atoms with Crippen molar-refractivity contribution in [3.8, 4) is 0 Å². The van der Waals surface area contributed by atoms with Crippen LogP contribution in [0.4, 0.5) is 11.6 Å². The van der Waals surface area contributed by atoms with E-state index in [0.717, 1.165) is 36.4 Å². The molecule has 0 aliphatic heterocycles. The topological polar surface area (TPSA) is 53.1 Å². The molecule has 20 heavy (non-hydrogen) atoms. The summed E-state index contributed by atoms with van der Waals surface area (Å²) in [7, 11) is 2.16. The van der Waals surface area contributed by atoms with E-state index in [0.29, 0.717) is 6.04 Å². The number of thioether (sulfide) groups is 1. The minimum absolute atomic E-state index is 0.612. The fourth-order valence-corrected chi connectivity index (χ4v) is 2.15. The van der Waals surface area contributed by atoms with Gasteiger partial charge in [-0.1, -0.05) is 18.7 Å². The van der Waals surface area contributed by atoms with Crippen molar-refractivity contribution in [2.24, 2.45) is 0 Å². The Bertz CT molecular complexity index is 399. The van der Waals surface area contributed by atoms with E-state index in [2.05, 4.69) is 53.3 Å². The van der Waals surface area contributed by atoms with Gasteiger partial charge in [-0.15, -0.1) is 0 Å². The molecule has 1 unspecified atom stereocenters. The maximum atomic E-state index is 4.48. The molecule has 5 nitrogen and oxygen atoms in total. The van der Waals surface area contributed by atoms with Crippen LogP contribution in [0.1, 0.15) is 27.2 Å². The van der Waals surface area contributed by atoms with Crippen molar-refractivity contribution in [1.29, 1.82) is 0 Å². The van der Waals surface area contributed by atoms with Crippen LogP contribution in [0.5, 0.6) is 0 Å². The fourth-order valence-electron chi connectivity index (χ4n) is 1.77. The Morgan fingerprint density at radius 3 is 2.45 bits per heavy atom. The number of likely N-dealkylation sites (N-methyl/N-ethyl adjacent to an activating group) is 1. The molecule has 0 aliphatic rings. The van der Waals surface area contributed by atoms with Crippen molar-refractivity contribution in [2.75, 3.05) is 43.6 Å². The summed E-state index contributed by atoms with van der Waals surface area (Å²) in [6, 6.07) is 2.58. The first-order valence-electron chi connectivity index (χ1n) is 7.21. The summed E-state index contributed by atoms with van der Waals surface area (Å²) in [5.74, 6) is 1.77. The highest BCUT2D eigenvalue weighted by atomic mass is 32.2. The van der Waals surface area contributed by atoms with E-state index in [1.807, 2.05) is 12.3 Å². The van der Waals surface area contributed by atoms with Gasteiger partial charge in [0.25, 0.3) is 0 Å². The molecule has 1 heterocycles. The third-order valence-corrected chi connectivity index (χ3v) is 3.91. The average molecular weight is 297 g/mol. The molecule has 0 amide bonds. The van der Waals surface area contributed by atoms with E-state index in [9.17, 15) is 0 Å². The number of hydrogen-bond acceptors (Lipinski definition) is 6. The van der Waals surface area contributed by atoms with Gasteiger partial charge in [-0.3, -0.25) is 0 Å². The molecule has 0 saturated carbocycles. The predicted molar refractivity (Wildman–Crippen MR) is 88.8 cm³/mol. The third kappa shape index (κ3) is 5.54. The van der Waals surface area contributed by atoms with Gasteiger partial charge in [0.15, 0.2) is 5.16 Å². The first-order valence-corrected chi connectivity index (χ1v) is 8.44. The Kier molecular flexibility index (Phi) is 7.69. The number of nitrogens with zero attached hydrogens (tertiary/aromatic N) is 3. The van der Waals surface area contributed by atoms with Gasteiger partial charge in [-0.25, -0.2) is 9.97 Å². The van der Waals surface area contributed by atoms with Crippen molar-refractivity contribution < 1.29 is 0 Å². The molecule has 114 valence electrons. The van der Waals surface area contributed by atoms with Crippen molar-refractivity contribution in [1.82, 2.24) is 14.9 Å². The molecule has 0 aliphatic carbocycles. The SMILES string of the molecule is CCNc1cc(NCCN(C)C(C)CC)nc(SC)n1. The second kappa shape index (κ2) is 9.02. The zero-order chi connectivity index (χ0) is 15.0. The van der Waals surface area contributed by atoms with Crippen LogP contribution in [-0.4, -0.2) is 53.8 Å². The average Bonchev–Trinajstić information content (AvgIpc) is 2.46. The lowest BCUT2D eigenvalue weighted by atomic mass is 10.2. The van der Waals surface area contributed by atoms with Crippen LogP contribution in [0, 0.1) is 0 Å². The van der Waals surface area contributed by atoms with Gasteiger partial charge in [-0.05, 0) is 33.6 Å². The Morgan fingerprint density at radius 1 is 1.25 bits per heavy atom. The van der Waals surface area contributed by atoms with Gasteiger partial charge in [0.05, 0.1) is 0 Å². The molecule has 1 rings (SSSR count). The monoisotopic (exact) mass is 297 g/mol. The number of hydrogen-bond donors (Lipinski definition) is 2. The molecule has 0 radical (unpaired) electrons. The zero-order valence-electron chi connectivity index (χ0n) is 13.2. The second-order valence-electron chi connectivity index (χ2n) is 4.82. The van der Waals surface area contributed by atoms with E-state index >= 15 is 0 Å². The fraction of sp³-hybridized carbons (Fsp3) is 0.714. The molecule has 0 saturated heterocycles. The number of rotatable bonds is 9. The molecule has 2 N–H and O–H groups in total. The second-order valence-corrected chi connectivity index (χ2v) is 5.59. The summed E-state index contributed by atoms with van der Waals surface area (Å²) in [6.45, 7) is 9.28. The molecule has 0 aromatic carbocycles. The van der Waals surface area contributed by atoms with Crippen LogP contribution in [0.3, 0.4) is 0 Å². The summed E-state index contributed by atoms with van der Waals surface area (Å²) < 4.78 is 0. The Morgan fingerprint density at radius 2 is 1.90 bits per heavy atom. The predicted octanol–water partition coefficient (Wildman–Crippen LogP) is 2.77. The first-order chi connectivity index (χ1) is 9.60. The Hall–Kier alpha value is -1.01. The summed E-state index contributed by atoms with van der Waals surface area (Å²) in [6.07, 6.45) is 3.16. The van der Waals surface area contributed by atoms with E-state index in [4.69, 9.17) is 0 Å². The van der Waals surface area contributed by atoms with Gasteiger partial charge >= 0.3 is 0 Å². The largest absolute Gasteiger partial charge is 0.370 e. The lowest BCUT2D eigenvalue weighted by Crippen LogP contribution is -2.32. The lowest BCUT2D eigenvalue weighted by molar-refractivity contribution is 0.261. The highest BCUT2D eigenvalue weighted by Crippen LogP contribution is 2.17. The third-order valence-electron chi connectivity index (χ3n) is 3.36. The molecule has 6 heteroatoms. The minimum Gasteiger partial charge on any atom is -0.370 e. The normalized spacial score (nSPS) is 12.5. The van der Waals surface area contributed by atoms with Gasteiger partial charge in [-0.2, -0.15) is 0 Å². The van der Waals surface area contributed by atoms with Crippen LogP contribution < -0.4 is 10.6 Å². The minimum atomic E-state index is 0.612. The van der Waals surface area contributed by atoms with Gasteiger partial charge in [0.1, 0.15) is 11.6 Å². The van der Waals surface area contributed by atoms with Gasteiger partial charge in [0, 0.05) is 31.7 Å². The summed E-state index contributed by atoms with van der Waals surface area (Å²) in [5, 5.41) is 7.41. The van der Waals surface area contributed by atoms with E-state index < -0.39 is 0 Å². The zero-order valence-corrected chi connectivity index (χ0v) is 14.0. The standard InChI is InChI=1S/C14H27N5S/c1-6-11(3)19(4)9-8-16-13-10-12(15-7-2)17-14(18-13)20-5/h10-11H,6-9H2,1-5H3,(H2,15,16,17,18). The number of nitrogens with one attached hydrogen (secondary N) is 2. The lowest BCUT2D eigenvalue weighted by Gasteiger charge is -2.23. The van der Waals surface area contributed by atoms with Crippen LogP contribution in [0.25, 0.3) is 0 Å². The smallest absolute Gasteiger partial charge is 0.191 e. The molecular formula is C14H27N5S. The van der Waals surface area contributed by atoms with Crippen LogP contribution in [0.15, 0.2) is 11.2 Å². The summed E-state index contributed by atoms with van der Waals surface area (Å²) in [5.41, 5.74) is 0. The van der Waals surface area contributed by atoms with Crippen molar-refractivity contribution >= 4 is 23.4 Å². The molecular weight excluding hydrogens is 270 g/mol. The van der Waals surface area contributed by atoms with Crippen LogP contribution in [-0.2, 0) is 0 Å². The van der Waals surface area contributed by atoms with Crippen LogP contribution >= 0.6 is 11.8 Å². The van der Waals surface area contributed by atoms with Crippen molar-refractivity contribution in [3.63, 3.8) is 0 Å². The highest BCUT2D eigenvalue weighted by molar-refractivity contribution is 7.98. The Labute approximate surface area is 127 Å². The molecule has 1 aromatic rings.